The first-order valence-electron chi connectivity index (χ1n) is 5.51. The second-order valence-corrected chi connectivity index (χ2v) is 3.78. The van der Waals surface area contributed by atoms with Gasteiger partial charge < -0.3 is 15.8 Å². The van der Waals surface area contributed by atoms with Gasteiger partial charge in [0.15, 0.2) is 0 Å². The van der Waals surface area contributed by atoms with Gasteiger partial charge >= 0.3 is 5.97 Å². The third-order valence-corrected chi connectivity index (χ3v) is 2.24. The topological polar surface area (TPSA) is 64.3 Å². The van der Waals surface area contributed by atoms with E-state index in [4.69, 9.17) is 10.5 Å². The molecule has 4 nitrogen and oxygen atoms in total. The van der Waals surface area contributed by atoms with E-state index in [0.29, 0.717) is 12.3 Å². The van der Waals surface area contributed by atoms with Crippen LogP contribution in [0.2, 0.25) is 0 Å². The predicted molar refractivity (Wildman–Crippen MR) is 69.6 cm³/mol. The molecule has 0 heterocycles. The molecule has 0 aromatic heterocycles. The van der Waals surface area contributed by atoms with Gasteiger partial charge in [-0.25, -0.2) is 4.79 Å². The number of carbonyl (C=O) groups is 1. The molecule has 0 bridgehead atoms. The molecule has 0 amide bonds. The van der Waals surface area contributed by atoms with E-state index in [-0.39, 0.29) is 5.97 Å². The largest absolute Gasteiger partial charge is 0.463 e. The highest BCUT2D eigenvalue weighted by Crippen LogP contribution is 2.18. The van der Waals surface area contributed by atoms with Gasteiger partial charge in [0.2, 0.25) is 0 Å². The maximum absolute atomic E-state index is 11.2. The van der Waals surface area contributed by atoms with Gasteiger partial charge in [-0.1, -0.05) is 6.07 Å². The fourth-order valence-corrected chi connectivity index (χ4v) is 1.34. The summed E-state index contributed by atoms with van der Waals surface area (Å²) in [5.74, 6) is -0.349. The molecule has 0 atom stereocenters. The molecule has 3 N–H and O–H groups in total. The van der Waals surface area contributed by atoms with Gasteiger partial charge in [0.25, 0.3) is 0 Å². The lowest BCUT2D eigenvalue weighted by atomic mass is 10.2. The number of aryl methyl sites for hydroxylation is 1. The van der Waals surface area contributed by atoms with Crippen LogP contribution in [-0.2, 0) is 9.53 Å². The second-order valence-electron chi connectivity index (χ2n) is 3.78. The summed E-state index contributed by atoms with van der Waals surface area (Å²) in [5, 5.41) is 3.08. The SMILES string of the molecule is CCOC(=O)/C=C(/C)Nc1ccc(C)c(N)c1. The van der Waals surface area contributed by atoms with Crippen LogP contribution in [0, 0.1) is 6.92 Å². The summed E-state index contributed by atoms with van der Waals surface area (Å²) in [6.45, 7) is 5.89. The van der Waals surface area contributed by atoms with E-state index in [2.05, 4.69) is 5.32 Å². The highest BCUT2D eigenvalue weighted by Gasteiger charge is 2.00. The van der Waals surface area contributed by atoms with E-state index < -0.39 is 0 Å². The smallest absolute Gasteiger partial charge is 0.332 e. The number of rotatable bonds is 4. The highest BCUT2D eigenvalue weighted by atomic mass is 16.5. The molecule has 0 fully saturated rings. The van der Waals surface area contributed by atoms with Crippen LogP contribution in [0.15, 0.2) is 30.0 Å². The molecule has 0 aliphatic carbocycles. The standard InChI is InChI=1S/C13H18N2O2/c1-4-17-13(16)7-10(3)15-11-6-5-9(2)12(14)8-11/h5-8,15H,4,14H2,1-3H3/b10-7-. The van der Waals surface area contributed by atoms with Crippen molar-refractivity contribution < 1.29 is 9.53 Å². The Morgan fingerprint density at radius 1 is 1.53 bits per heavy atom. The number of nitrogen functional groups attached to an aromatic ring is 1. The van der Waals surface area contributed by atoms with E-state index >= 15 is 0 Å². The van der Waals surface area contributed by atoms with Crippen LogP contribution in [0.5, 0.6) is 0 Å². The average Bonchev–Trinajstić information content (AvgIpc) is 2.23. The van der Waals surface area contributed by atoms with E-state index in [9.17, 15) is 4.79 Å². The number of hydrogen-bond acceptors (Lipinski definition) is 4. The van der Waals surface area contributed by atoms with Crippen molar-refractivity contribution in [1.82, 2.24) is 0 Å². The van der Waals surface area contributed by atoms with Crippen LogP contribution in [-0.4, -0.2) is 12.6 Å². The van der Waals surface area contributed by atoms with Crippen molar-refractivity contribution >= 4 is 17.3 Å². The Kier molecular flexibility index (Phi) is 4.57. The average molecular weight is 234 g/mol. The number of benzene rings is 1. The molecule has 0 unspecified atom stereocenters. The fourth-order valence-electron chi connectivity index (χ4n) is 1.34. The minimum absolute atomic E-state index is 0.349. The lowest BCUT2D eigenvalue weighted by molar-refractivity contribution is -0.137. The number of hydrogen-bond donors (Lipinski definition) is 2. The molecule has 1 rings (SSSR count). The van der Waals surface area contributed by atoms with Crippen molar-refractivity contribution in [3.63, 3.8) is 0 Å². The first-order valence-corrected chi connectivity index (χ1v) is 5.51. The maximum Gasteiger partial charge on any atom is 0.332 e. The Balaban J connectivity index is 2.70. The molecular formula is C13H18N2O2. The number of esters is 1. The minimum Gasteiger partial charge on any atom is -0.463 e. The van der Waals surface area contributed by atoms with Gasteiger partial charge in [0.05, 0.1) is 6.61 Å². The Bertz CT molecular complexity index is 439. The third kappa shape index (κ3) is 4.18. The van der Waals surface area contributed by atoms with Crippen molar-refractivity contribution in [2.24, 2.45) is 0 Å². The third-order valence-electron chi connectivity index (χ3n) is 2.24. The van der Waals surface area contributed by atoms with Crippen LogP contribution in [0.1, 0.15) is 19.4 Å². The lowest BCUT2D eigenvalue weighted by Gasteiger charge is -2.08. The zero-order chi connectivity index (χ0) is 12.8. The normalized spacial score (nSPS) is 11.1. The molecule has 0 saturated carbocycles. The van der Waals surface area contributed by atoms with Crippen molar-refractivity contribution in [1.29, 1.82) is 0 Å². The number of nitrogens with two attached hydrogens (primary N) is 1. The van der Waals surface area contributed by atoms with Gasteiger partial charge in [-0.2, -0.15) is 0 Å². The van der Waals surface area contributed by atoms with Crippen molar-refractivity contribution in [2.45, 2.75) is 20.8 Å². The zero-order valence-corrected chi connectivity index (χ0v) is 10.4. The summed E-state index contributed by atoms with van der Waals surface area (Å²) >= 11 is 0. The number of allylic oxidation sites excluding steroid dienone is 1. The van der Waals surface area contributed by atoms with Crippen LogP contribution >= 0.6 is 0 Å². The Hall–Kier alpha value is -1.97. The number of anilines is 2. The number of nitrogens with one attached hydrogen (secondary N) is 1. The highest BCUT2D eigenvalue weighted by molar-refractivity contribution is 5.83. The quantitative estimate of drug-likeness (QED) is 0.477. The summed E-state index contributed by atoms with van der Waals surface area (Å²) < 4.78 is 4.81. The Morgan fingerprint density at radius 3 is 2.82 bits per heavy atom. The second kappa shape index (κ2) is 5.94. The fraction of sp³-hybridized carbons (Fsp3) is 0.308. The molecule has 0 aliphatic rings. The first-order chi connectivity index (χ1) is 8.02. The maximum atomic E-state index is 11.2. The van der Waals surface area contributed by atoms with Gasteiger partial charge in [-0.05, 0) is 38.5 Å². The van der Waals surface area contributed by atoms with Crippen molar-refractivity contribution in [3.8, 4) is 0 Å². The summed E-state index contributed by atoms with van der Waals surface area (Å²) in [6.07, 6.45) is 1.42. The van der Waals surface area contributed by atoms with Crippen LogP contribution < -0.4 is 11.1 Å². The molecule has 0 aliphatic heterocycles. The molecule has 0 spiro atoms. The Labute approximate surface area is 101 Å². The van der Waals surface area contributed by atoms with E-state index in [1.54, 1.807) is 13.8 Å². The summed E-state index contributed by atoms with van der Waals surface area (Å²) in [6, 6.07) is 5.67. The summed E-state index contributed by atoms with van der Waals surface area (Å²) in [4.78, 5) is 11.2. The lowest BCUT2D eigenvalue weighted by Crippen LogP contribution is -2.04. The molecule has 17 heavy (non-hydrogen) atoms. The molecule has 92 valence electrons. The predicted octanol–water partition coefficient (Wildman–Crippen LogP) is 2.46. The van der Waals surface area contributed by atoms with Crippen molar-refractivity contribution in [3.05, 3.63) is 35.5 Å². The summed E-state index contributed by atoms with van der Waals surface area (Å²) in [5.41, 5.74) is 9.11. The van der Waals surface area contributed by atoms with Gasteiger partial charge in [-0.3, -0.25) is 0 Å². The number of carbonyl (C=O) groups excluding carboxylic acids is 1. The van der Waals surface area contributed by atoms with Gasteiger partial charge in [0.1, 0.15) is 0 Å². The molecular weight excluding hydrogens is 216 g/mol. The van der Waals surface area contributed by atoms with E-state index in [1.165, 1.54) is 6.08 Å². The van der Waals surface area contributed by atoms with Crippen molar-refractivity contribution in [2.75, 3.05) is 17.7 Å². The van der Waals surface area contributed by atoms with Crippen LogP contribution in [0.25, 0.3) is 0 Å². The molecule has 1 aromatic rings. The summed E-state index contributed by atoms with van der Waals surface area (Å²) in [7, 11) is 0. The molecule has 0 saturated heterocycles. The Morgan fingerprint density at radius 2 is 2.24 bits per heavy atom. The van der Waals surface area contributed by atoms with Crippen LogP contribution in [0.4, 0.5) is 11.4 Å². The monoisotopic (exact) mass is 234 g/mol. The van der Waals surface area contributed by atoms with Gasteiger partial charge in [0, 0.05) is 23.1 Å². The molecule has 0 radical (unpaired) electrons. The molecule has 1 aromatic carbocycles. The zero-order valence-electron chi connectivity index (χ0n) is 10.4. The first kappa shape index (κ1) is 13.1. The van der Waals surface area contributed by atoms with E-state index in [0.717, 1.165) is 16.9 Å². The van der Waals surface area contributed by atoms with Crippen LogP contribution in [0.3, 0.4) is 0 Å². The molecule has 4 heteroatoms. The minimum atomic E-state index is -0.349. The number of ether oxygens (including phenoxy) is 1. The van der Waals surface area contributed by atoms with Gasteiger partial charge in [-0.15, -0.1) is 0 Å². The van der Waals surface area contributed by atoms with E-state index in [1.807, 2.05) is 25.1 Å².